The summed E-state index contributed by atoms with van der Waals surface area (Å²) in [5.74, 6) is 2.11. The third-order valence-corrected chi connectivity index (χ3v) is 9.02. The number of alkyl carbamates (subject to hydrolysis) is 1. The molecule has 4 rings (SSSR count). The second kappa shape index (κ2) is 14.2. The lowest BCUT2D eigenvalue weighted by atomic mass is 9.75. The highest BCUT2D eigenvalue weighted by Crippen LogP contribution is 2.37. The van der Waals surface area contributed by atoms with E-state index in [1.54, 1.807) is 32.2 Å². The number of methoxy groups -OCH3 is 1. The Kier molecular flexibility index (Phi) is 10.7. The molecule has 0 aliphatic heterocycles. The fraction of sp³-hybridized carbons (Fsp3) is 0.594. The second-order valence-corrected chi connectivity index (χ2v) is 12.6. The van der Waals surface area contributed by atoms with Gasteiger partial charge in [-0.3, -0.25) is 30.9 Å². The highest BCUT2D eigenvalue weighted by molar-refractivity contribution is 5.69. The fourth-order valence-corrected chi connectivity index (χ4v) is 6.36. The Morgan fingerprint density at radius 2 is 1.75 bits per heavy atom. The molecule has 1 amide bonds. The van der Waals surface area contributed by atoms with E-state index in [1.165, 1.54) is 12.1 Å². The van der Waals surface area contributed by atoms with E-state index < -0.39 is 27.3 Å². The fourth-order valence-electron chi connectivity index (χ4n) is 6.36. The van der Waals surface area contributed by atoms with Gasteiger partial charge in [0, 0.05) is 18.2 Å². The van der Waals surface area contributed by atoms with Crippen LogP contribution in [0, 0.1) is 38.0 Å². The zero-order chi connectivity index (χ0) is 32.0. The average Bonchev–Trinajstić information content (AvgIpc) is 3.48. The molecule has 240 valence electrons. The maximum atomic E-state index is 13.6. The predicted octanol–water partition coefficient (Wildman–Crippen LogP) is 6.98. The lowest BCUT2D eigenvalue weighted by Gasteiger charge is -2.38. The number of ether oxygens (including phenoxy) is 3. The van der Waals surface area contributed by atoms with Crippen molar-refractivity contribution in [3.05, 3.63) is 67.8 Å². The number of non-ortho nitro benzene ring substituents is 1. The minimum Gasteiger partial charge on any atom is -0.493 e. The van der Waals surface area contributed by atoms with Gasteiger partial charge in [0.25, 0.3) is 11.4 Å². The van der Waals surface area contributed by atoms with Crippen molar-refractivity contribution in [1.29, 1.82) is 0 Å². The van der Waals surface area contributed by atoms with Gasteiger partial charge in [-0.1, -0.05) is 33.3 Å². The highest BCUT2D eigenvalue weighted by atomic mass is 16.6. The summed E-state index contributed by atoms with van der Waals surface area (Å²) in [6.45, 7) is 8.11. The van der Waals surface area contributed by atoms with Crippen LogP contribution in [-0.4, -0.2) is 35.3 Å². The van der Waals surface area contributed by atoms with Gasteiger partial charge in [0.05, 0.1) is 29.1 Å². The quantitative estimate of drug-likeness (QED) is 0.147. The molecular formula is C32H44N4O8. The van der Waals surface area contributed by atoms with Crippen LogP contribution in [0.3, 0.4) is 0 Å². The molecule has 3 unspecified atom stereocenters. The maximum Gasteiger partial charge on any atom is 0.409 e. The number of nitrogens with zero attached hydrogens (tertiary/aromatic N) is 2. The topological polar surface area (TPSA) is 155 Å². The third kappa shape index (κ3) is 7.96. The molecule has 2 aliphatic rings. The van der Waals surface area contributed by atoms with E-state index in [2.05, 4.69) is 31.4 Å². The van der Waals surface area contributed by atoms with E-state index >= 15 is 0 Å². The SMILES string of the molecule is COc1ccc([C@](C)(NCc2ccc([N+](=O)[O-])cc2[N+](=O)[O-])NC(=O)OC2CC(C)CCC2C(C)C)cc1OC1CCCC1. The van der Waals surface area contributed by atoms with Gasteiger partial charge in [0.1, 0.15) is 11.8 Å². The van der Waals surface area contributed by atoms with Crippen molar-refractivity contribution < 1.29 is 28.9 Å². The molecule has 0 bridgehead atoms. The molecule has 4 atom stereocenters. The van der Waals surface area contributed by atoms with Crippen molar-refractivity contribution in [2.75, 3.05) is 7.11 Å². The number of carbonyl (C=O) groups excluding carboxylic acids is 1. The summed E-state index contributed by atoms with van der Waals surface area (Å²) in [5.41, 5.74) is -1.22. The van der Waals surface area contributed by atoms with Crippen molar-refractivity contribution >= 4 is 17.5 Å². The number of nitro benzene ring substituents is 2. The summed E-state index contributed by atoms with van der Waals surface area (Å²) in [6.07, 6.45) is 6.10. The van der Waals surface area contributed by atoms with Gasteiger partial charge < -0.3 is 14.2 Å². The third-order valence-electron chi connectivity index (χ3n) is 9.02. The molecule has 12 heteroatoms. The van der Waals surface area contributed by atoms with Crippen LogP contribution < -0.4 is 20.1 Å². The molecule has 2 aromatic carbocycles. The molecule has 12 nitrogen and oxygen atoms in total. The van der Waals surface area contributed by atoms with Gasteiger partial charge in [-0.2, -0.15) is 0 Å². The van der Waals surface area contributed by atoms with Crippen molar-refractivity contribution in [2.24, 2.45) is 17.8 Å². The summed E-state index contributed by atoms with van der Waals surface area (Å²) in [7, 11) is 1.56. The number of hydrogen-bond acceptors (Lipinski definition) is 9. The van der Waals surface area contributed by atoms with Crippen LogP contribution in [0.1, 0.15) is 83.8 Å². The molecule has 2 N–H and O–H groups in total. The molecular weight excluding hydrogens is 568 g/mol. The monoisotopic (exact) mass is 612 g/mol. The van der Waals surface area contributed by atoms with Gasteiger partial charge in [-0.05, 0) is 87.0 Å². The van der Waals surface area contributed by atoms with E-state index in [0.29, 0.717) is 28.9 Å². The van der Waals surface area contributed by atoms with Crippen molar-refractivity contribution in [3.63, 3.8) is 0 Å². The van der Waals surface area contributed by atoms with Crippen LogP contribution in [0.5, 0.6) is 11.5 Å². The number of nitrogens with one attached hydrogen (secondary N) is 2. The molecule has 2 aromatic rings. The predicted molar refractivity (Wildman–Crippen MR) is 165 cm³/mol. The minimum atomic E-state index is -1.28. The van der Waals surface area contributed by atoms with Crippen LogP contribution in [0.25, 0.3) is 0 Å². The van der Waals surface area contributed by atoms with Gasteiger partial charge in [0.15, 0.2) is 11.5 Å². The van der Waals surface area contributed by atoms with Gasteiger partial charge in [-0.25, -0.2) is 4.79 Å². The van der Waals surface area contributed by atoms with Crippen molar-refractivity contribution in [3.8, 4) is 11.5 Å². The number of nitro groups is 2. The molecule has 44 heavy (non-hydrogen) atoms. The zero-order valence-corrected chi connectivity index (χ0v) is 26.2. The normalized spacial score (nSPS) is 21.8. The van der Waals surface area contributed by atoms with E-state index in [9.17, 15) is 25.0 Å². The number of amides is 1. The molecule has 0 saturated heterocycles. The molecule has 0 radical (unpaired) electrons. The van der Waals surface area contributed by atoms with Crippen LogP contribution in [0.2, 0.25) is 0 Å². The molecule has 2 saturated carbocycles. The Labute approximate surface area is 258 Å². The summed E-state index contributed by atoms with van der Waals surface area (Å²) in [4.78, 5) is 35.3. The first kappa shape index (κ1) is 33.0. The van der Waals surface area contributed by atoms with E-state index in [1.807, 2.05) is 0 Å². The number of hydrogen-bond donors (Lipinski definition) is 2. The lowest BCUT2D eigenvalue weighted by Crippen LogP contribution is -2.54. The minimum absolute atomic E-state index is 0.0558. The zero-order valence-electron chi connectivity index (χ0n) is 26.2. The Morgan fingerprint density at radius 1 is 1.02 bits per heavy atom. The first-order valence-corrected chi connectivity index (χ1v) is 15.4. The summed E-state index contributed by atoms with van der Waals surface area (Å²) >= 11 is 0. The van der Waals surface area contributed by atoms with Crippen molar-refractivity contribution in [1.82, 2.24) is 10.6 Å². The molecule has 2 aliphatic carbocycles. The molecule has 2 fully saturated rings. The smallest absolute Gasteiger partial charge is 0.409 e. The van der Waals surface area contributed by atoms with Gasteiger partial charge in [0.2, 0.25) is 0 Å². The largest absolute Gasteiger partial charge is 0.493 e. The Balaban J connectivity index is 1.65. The number of benzene rings is 2. The Hall–Kier alpha value is -3.93. The van der Waals surface area contributed by atoms with Crippen LogP contribution in [0.4, 0.5) is 16.2 Å². The Morgan fingerprint density at radius 3 is 2.39 bits per heavy atom. The van der Waals surface area contributed by atoms with E-state index in [4.69, 9.17) is 14.2 Å². The average molecular weight is 613 g/mol. The van der Waals surface area contributed by atoms with Crippen LogP contribution in [0.15, 0.2) is 36.4 Å². The van der Waals surface area contributed by atoms with Crippen molar-refractivity contribution in [2.45, 2.75) is 97.1 Å². The molecule has 0 spiro atoms. The van der Waals surface area contributed by atoms with E-state index in [0.717, 1.165) is 51.0 Å². The first-order chi connectivity index (χ1) is 20.9. The van der Waals surface area contributed by atoms with E-state index in [-0.39, 0.29) is 35.9 Å². The standard InChI is InChI=1S/C32H44N4O8/c1-20(2)26-14-10-21(3)16-29(26)44-31(37)34-32(4,33-19-22-11-13-24(35(38)39)18-27(22)36(40)41)23-12-15-28(42-5)30(17-23)43-25-8-6-7-9-25/h11-13,15,17-18,20-21,25-26,29,33H,6-10,14,16,19H2,1-5H3,(H,34,37)/t21?,26?,29?,32-/m1/s1. The van der Waals surface area contributed by atoms with Crippen LogP contribution in [-0.2, 0) is 16.9 Å². The maximum absolute atomic E-state index is 13.6. The summed E-state index contributed by atoms with van der Waals surface area (Å²) in [5, 5.41) is 29.3. The van der Waals surface area contributed by atoms with Gasteiger partial charge >= 0.3 is 6.09 Å². The number of rotatable bonds is 12. The highest BCUT2D eigenvalue weighted by Gasteiger charge is 2.36. The second-order valence-electron chi connectivity index (χ2n) is 12.6. The molecule has 0 aromatic heterocycles. The summed E-state index contributed by atoms with van der Waals surface area (Å²) in [6, 6.07) is 8.86. The lowest BCUT2D eigenvalue weighted by molar-refractivity contribution is -0.394. The molecule has 0 heterocycles. The van der Waals surface area contributed by atoms with Crippen LogP contribution >= 0.6 is 0 Å². The Bertz CT molecular complexity index is 1350. The summed E-state index contributed by atoms with van der Waals surface area (Å²) < 4.78 is 17.9. The number of carbonyl (C=O) groups is 1. The first-order valence-electron chi connectivity index (χ1n) is 15.4. The van der Waals surface area contributed by atoms with Gasteiger partial charge in [-0.15, -0.1) is 0 Å².